The Hall–Kier alpha value is 0.700. The van der Waals surface area contributed by atoms with Crippen LogP contribution < -0.4 is 0 Å². The van der Waals surface area contributed by atoms with Crippen molar-refractivity contribution in [3.8, 4) is 0 Å². The first kappa shape index (κ1) is 8.83. The van der Waals surface area contributed by atoms with Crippen LogP contribution in [-0.4, -0.2) is 11.7 Å². The molecule has 2 heteroatoms. The zero-order valence-electron chi connectivity index (χ0n) is 2.16. The number of rotatable bonds is 0. The van der Waals surface area contributed by atoms with Crippen LogP contribution in [0.25, 0.3) is 0 Å². The van der Waals surface area contributed by atoms with Gasteiger partial charge in [0.25, 0.3) is 0 Å². The van der Waals surface area contributed by atoms with Crippen molar-refractivity contribution in [2.45, 2.75) is 0 Å². The fourth-order valence-electron chi connectivity index (χ4n) is 0. The van der Waals surface area contributed by atoms with Gasteiger partial charge in [-0.3, -0.25) is 0 Å². The fraction of sp³-hybridized carbons (Fsp3) is 0.500. The zero-order valence-corrected chi connectivity index (χ0v) is 4.33. The molecule has 0 aliphatic carbocycles. The van der Waals surface area contributed by atoms with Gasteiger partial charge in [0, 0.05) is 0 Å². The summed E-state index contributed by atoms with van der Waals surface area (Å²) in [6, 6.07) is 0. The summed E-state index contributed by atoms with van der Waals surface area (Å²) in [5, 5.41) is 7.46. The van der Waals surface area contributed by atoms with Crippen molar-refractivity contribution in [1.82, 2.24) is 0 Å². The first-order valence-corrected chi connectivity index (χ1v) is 0.816. The number of hydrogen-bond donors (Lipinski definition) is 1. The van der Waals surface area contributed by atoms with Gasteiger partial charge in [0.05, 0.1) is 0 Å². The maximum absolute atomic E-state index is 7.46. The van der Waals surface area contributed by atoms with Crippen molar-refractivity contribution >= 4 is 0 Å². The van der Waals surface area contributed by atoms with E-state index >= 15 is 0 Å². The number of aliphatic hydroxyl groups excluding tert-OH is 1. The summed E-state index contributed by atoms with van der Waals surface area (Å²) in [5.74, 6) is 0. The van der Waals surface area contributed by atoms with Gasteiger partial charge in [-0.15, -0.1) is 0 Å². The maximum atomic E-state index is 7.46. The molecule has 4 heavy (non-hydrogen) atoms. The molecule has 0 heterocycles. The quantitative estimate of drug-likeness (QED) is 0.461. The number of aliphatic hydroxyl groups is 1. The zero-order chi connectivity index (χ0) is 2.71. The average Bonchev–Trinajstić information content (AvgIpc) is 0.918. The van der Waals surface area contributed by atoms with Crippen LogP contribution in [0.2, 0.25) is 0 Å². The Labute approximate surface area is 41.5 Å². The second-order valence-corrected chi connectivity index (χ2v) is 0.224. The molecule has 0 aliphatic rings. The molecule has 0 aromatic carbocycles. The van der Waals surface area contributed by atoms with Crippen molar-refractivity contribution in [2.24, 2.45) is 0 Å². The summed E-state index contributed by atoms with van der Waals surface area (Å²) in [6.07, 6.45) is 0. The monoisotopic (exact) mass is 242 g/mol. The minimum absolute atomic E-state index is 0. The smallest absolute Gasteiger partial charge is 0.428 e. The molecule has 1 nitrogen and oxygen atoms in total. The summed E-state index contributed by atoms with van der Waals surface area (Å²) in [5.41, 5.74) is 0. The molecule has 0 radical (unpaired) electrons. The van der Waals surface area contributed by atoms with Gasteiger partial charge in [0.15, 0.2) is 0 Å². The Bertz CT molecular complexity index is 6.00. The third-order valence-electron chi connectivity index (χ3n) is 0. The molecule has 0 saturated heterocycles. The van der Waals surface area contributed by atoms with Gasteiger partial charge in [0.2, 0.25) is 0 Å². The molecule has 0 aliphatic heterocycles. The van der Waals surface area contributed by atoms with Crippen LogP contribution in [0.5, 0.6) is 0 Å². The molecular formula is C2H5AuO. The average molecular weight is 242 g/mol. The Morgan fingerprint density at radius 1 is 1.75 bits per heavy atom. The summed E-state index contributed by atoms with van der Waals surface area (Å²) < 4.78 is 0. The van der Waals surface area contributed by atoms with Crippen molar-refractivity contribution in [3.63, 3.8) is 0 Å². The van der Waals surface area contributed by atoms with E-state index in [1.807, 2.05) is 0 Å². The molecule has 0 spiro atoms. The van der Waals surface area contributed by atoms with Crippen molar-refractivity contribution in [3.05, 3.63) is 6.92 Å². The standard InChI is InChI=1S/C2H5O.Au/c1-2-3;/h3H,1-2H2;/q-1;+1. The topological polar surface area (TPSA) is 20.2 Å². The van der Waals surface area contributed by atoms with Crippen LogP contribution >= 0.6 is 0 Å². The van der Waals surface area contributed by atoms with E-state index in [-0.39, 0.29) is 29.0 Å². The van der Waals surface area contributed by atoms with Crippen LogP contribution in [0.1, 0.15) is 0 Å². The normalized spacial score (nSPS) is 4.50. The van der Waals surface area contributed by atoms with Crippen LogP contribution in [-0.2, 0) is 22.4 Å². The van der Waals surface area contributed by atoms with E-state index in [9.17, 15) is 0 Å². The van der Waals surface area contributed by atoms with Crippen LogP contribution in [0.15, 0.2) is 0 Å². The first-order chi connectivity index (χ1) is 1.41. The minimum Gasteiger partial charge on any atom is -0.428 e. The van der Waals surface area contributed by atoms with Gasteiger partial charge in [-0.25, -0.2) is 0 Å². The third kappa shape index (κ3) is 15.9. The molecule has 0 bridgehead atoms. The molecule has 0 atom stereocenters. The van der Waals surface area contributed by atoms with Gasteiger partial charge >= 0.3 is 22.4 Å². The molecule has 0 rings (SSSR count). The molecule has 30 valence electrons. The van der Waals surface area contributed by atoms with E-state index in [0.29, 0.717) is 0 Å². The second kappa shape index (κ2) is 9.33. The molecule has 0 saturated carbocycles. The molecule has 0 amide bonds. The van der Waals surface area contributed by atoms with Gasteiger partial charge in [-0.1, -0.05) is 6.61 Å². The minimum atomic E-state index is 0. The van der Waals surface area contributed by atoms with Crippen LogP contribution in [0.4, 0.5) is 0 Å². The van der Waals surface area contributed by atoms with Crippen molar-refractivity contribution < 1.29 is 27.5 Å². The summed E-state index contributed by atoms with van der Waals surface area (Å²) in [6.45, 7) is 3.04. The summed E-state index contributed by atoms with van der Waals surface area (Å²) >= 11 is 0. The van der Waals surface area contributed by atoms with Gasteiger partial charge in [-0.05, 0) is 0 Å². The van der Waals surface area contributed by atoms with E-state index in [2.05, 4.69) is 6.92 Å². The van der Waals surface area contributed by atoms with Crippen molar-refractivity contribution in [2.75, 3.05) is 6.61 Å². The van der Waals surface area contributed by atoms with Crippen molar-refractivity contribution in [1.29, 1.82) is 0 Å². The SMILES string of the molecule is [Au+].[CH2-]CO. The third-order valence-corrected chi connectivity index (χ3v) is 0. The van der Waals surface area contributed by atoms with Gasteiger partial charge in [0.1, 0.15) is 0 Å². The molecule has 1 N–H and O–H groups in total. The summed E-state index contributed by atoms with van der Waals surface area (Å²) in [4.78, 5) is 0. The van der Waals surface area contributed by atoms with E-state index in [4.69, 9.17) is 5.11 Å². The maximum Gasteiger partial charge on any atom is 1.00 e. The molecule has 0 unspecified atom stereocenters. The predicted octanol–water partition coefficient (Wildman–Crippen LogP) is -0.190. The van der Waals surface area contributed by atoms with E-state index in [1.54, 1.807) is 0 Å². The first-order valence-electron chi connectivity index (χ1n) is 0.816. The van der Waals surface area contributed by atoms with Crippen LogP contribution in [0, 0.1) is 6.92 Å². The Morgan fingerprint density at radius 2 is 1.75 bits per heavy atom. The van der Waals surface area contributed by atoms with E-state index in [1.165, 1.54) is 0 Å². The molecule has 0 aromatic rings. The molecular weight excluding hydrogens is 237 g/mol. The predicted molar refractivity (Wildman–Crippen MR) is 12.4 cm³/mol. The van der Waals surface area contributed by atoms with Gasteiger partial charge < -0.3 is 12.0 Å². The fourth-order valence-corrected chi connectivity index (χ4v) is 0. The Kier molecular flexibility index (Phi) is 20.6. The van der Waals surface area contributed by atoms with Gasteiger partial charge in [-0.2, -0.15) is 0 Å². The van der Waals surface area contributed by atoms with Crippen LogP contribution in [0.3, 0.4) is 0 Å². The number of hydrogen-bond acceptors (Lipinski definition) is 1. The summed E-state index contributed by atoms with van der Waals surface area (Å²) in [7, 11) is 0. The Morgan fingerprint density at radius 3 is 1.75 bits per heavy atom. The second-order valence-electron chi connectivity index (χ2n) is 0.224. The molecule has 0 fully saturated rings. The van der Waals surface area contributed by atoms with E-state index < -0.39 is 0 Å². The molecule has 0 aromatic heterocycles. The largest absolute Gasteiger partial charge is 1.00 e. The van der Waals surface area contributed by atoms with E-state index in [0.717, 1.165) is 0 Å². The Balaban J connectivity index is 0.